The van der Waals surface area contributed by atoms with Gasteiger partial charge in [-0.15, -0.1) is 0 Å². The maximum Gasteiger partial charge on any atom is 0.246 e. The molecule has 2 fully saturated rings. The van der Waals surface area contributed by atoms with Crippen molar-refractivity contribution in [2.75, 3.05) is 6.54 Å². The normalized spacial score (nSPS) is 25.9. The van der Waals surface area contributed by atoms with E-state index in [4.69, 9.17) is 5.73 Å². The molecule has 0 unspecified atom stereocenters. The maximum atomic E-state index is 13.0. The highest BCUT2D eigenvalue weighted by atomic mass is 16.3. The monoisotopic (exact) mass is 378 g/mol. The van der Waals surface area contributed by atoms with Gasteiger partial charge in [0.25, 0.3) is 0 Å². The fourth-order valence-electron chi connectivity index (χ4n) is 3.43. The highest BCUT2D eigenvalue weighted by Crippen LogP contribution is 2.20. The van der Waals surface area contributed by atoms with Gasteiger partial charge in [0.2, 0.25) is 23.6 Å². The molecule has 0 saturated carbocycles. The third-order valence-electron chi connectivity index (χ3n) is 4.80. The van der Waals surface area contributed by atoms with Crippen LogP contribution in [0.3, 0.4) is 0 Å². The zero-order valence-corrected chi connectivity index (χ0v) is 14.6. The molecule has 0 bridgehead atoms. The van der Waals surface area contributed by atoms with E-state index in [-0.39, 0.29) is 31.7 Å². The minimum atomic E-state index is -0.998. The summed E-state index contributed by atoms with van der Waals surface area (Å²) in [5.74, 6) is -1.94. The third kappa shape index (κ3) is 4.25. The second-order valence-corrected chi connectivity index (χ2v) is 6.80. The summed E-state index contributed by atoms with van der Waals surface area (Å²) in [6, 6.07) is -2.63. The van der Waals surface area contributed by atoms with Crippen LogP contribution in [-0.2, 0) is 25.6 Å². The second-order valence-electron chi connectivity index (χ2n) is 6.80. The molecule has 27 heavy (non-hydrogen) atoms. The van der Waals surface area contributed by atoms with Gasteiger partial charge in [-0.3, -0.25) is 19.2 Å². The highest BCUT2D eigenvalue weighted by molar-refractivity contribution is 5.95. The fraction of sp³-hybridized carbons (Fsp3) is 0.562. The number of primary amides is 1. The SMILES string of the molecule is NC(=O)[C@@H]1C[C@@H](O)CN1C(=O)[C@@H](Cc1cnc[nH]1)NC(=O)[C@@H]1CCC(=O)N1. The van der Waals surface area contributed by atoms with E-state index in [2.05, 4.69) is 20.6 Å². The van der Waals surface area contributed by atoms with Crippen LogP contribution in [0.1, 0.15) is 25.0 Å². The van der Waals surface area contributed by atoms with Gasteiger partial charge in [0.15, 0.2) is 0 Å². The molecule has 3 heterocycles. The quantitative estimate of drug-likeness (QED) is 0.357. The van der Waals surface area contributed by atoms with Crippen molar-refractivity contribution in [1.82, 2.24) is 25.5 Å². The van der Waals surface area contributed by atoms with Gasteiger partial charge in [-0.05, 0) is 6.42 Å². The molecule has 3 rings (SSSR count). The fourth-order valence-corrected chi connectivity index (χ4v) is 3.43. The first-order valence-electron chi connectivity index (χ1n) is 8.70. The van der Waals surface area contributed by atoms with Crippen LogP contribution in [0.2, 0.25) is 0 Å². The molecule has 2 aliphatic heterocycles. The van der Waals surface area contributed by atoms with Crippen LogP contribution in [0.4, 0.5) is 0 Å². The number of imidazole rings is 1. The molecule has 0 radical (unpaired) electrons. The lowest BCUT2D eigenvalue weighted by Gasteiger charge is -2.28. The van der Waals surface area contributed by atoms with Gasteiger partial charge in [-0.25, -0.2) is 4.98 Å². The Morgan fingerprint density at radius 3 is 2.81 bits per heavy atom. The number of carbonyl (C=O) groups is 4. The van der Waals surface area contributed by atoms with Crippen LogP contribution >= 0.6 is 0 Å². The lowest BCUT2D eigenvalue weighted by atomic mass is 10.1. The Balaban J connectivity index is 1.76. The van der Waals surface area contributed by atoms with Crippen LogP contribution in [0.5, 0.6) is 0 Å². The second kappa shape index (κ2) is 7.74. The zero-order chi connectivity index (χ0) is 19.6. The molecule has 4 amide bonds. The van der Waals surface area contributed by atoms with E-state index in [1.807, 2.05) is 0 Å². The first-order valence-corrected chi connectivity index (χ1v) is 8.70. The largest absolute Gasteiger partial charge is 0.391 e. The van der Waals surface area contributed by atoms with Crippen LogP contribution in [0, 0.1) is 0 Å². The number of hydrogen-bond acceptors (Lipinski definition) is 6. The summed E-state index contributed by atoms with van der Waals surface area (Å²) >= 11 is 0. The van der Waals surface area contributed by atoms with E-state index >= 15 is 0 Å². The standard InChI is InChI=1S/C16H22N6O5/c17-14(25)12-4-9(23)6-22(12)16(27)11(3-8-5-18-7-19-8)21-15(26)10-1-2-13(24)20-10/h5,7,9-12,23H,1-4,6H2,(H2,17,25)(H,18,19)(H,20,24)(H,21,26)/t9-,10+,11-,12+/m1/s1. The van der Waals surface area contributed by atoms with E-state index in [0.29, 0.717) is 12.1 Å². The smallest absolute Gasteiger partial charge is 0.246 e. The molecule has 2 aliphatic rings. The Hall–Kier alpha value is -2.95. The minimum Gasteiger partial charge on any atom is -0.391 e. The molecule has 146 valence electrons. The first-order chi connectivity index (χ1) is 12.8. The van der Waals surface area contributed by atoms with E-state index in [0.717, 1.165) is 0 Å². The molecular formula is C16H22N6O5. The number of aliphatic hydroxyl groups is 1. The number of β-amino-alcohol motifs (C(OH)–C–C–N with tert-alkyl or cyclic N) is 1. The van der Waals surface area contributed by atoms with Gasteiger partial charge in [0.1, 0.15) is 18.1 Å². The molecule has 11 heteroatoms. The summed E-state index contributed by atoms with van der Waals surface area (Å²) < 4.78 is 0. The van der Waals surface area contributed by atoms with E-state index in [1.54, 1.807) is 0 Å². The number of likely N-dealkylation sites (tertiary alicyclic amines) is 1. The van der Waals surface area contributed by atoms with Gasteiger partial charge in [-0.1, -0.05) is 0 Å². The Morgan fingerprint density at radius 2 is 2.22 bits per heavy atom. The molecule has 0 spiro atoms. The minimum absolute atomic E-state index is 0.0397. The zero-order valence-electron chi connectivity index (χ0n) is 14.6. The summed E-state index contributed by atoms with van der Waals surface area (Å²) in [5.41, 5.74) is 5.96. The highest BCUT2D eigenvalue weighted by Gasteiger charge is 2.41. The van der Waals surface area contributed by atoms with Gasteiger partial charge in [0.05, 0.1) is 12.4 Å². The first kappa shape index (κ1) is 18.8. The van der Waals surface area contributed by atoms with Crippen molar-refractivity contribution < 1.29 is 24.3 Å². The number of carbonyl (C=O) groups excluding carboxylic acids is 4. The van der Waals surface area contributed by atoms with Crippen LogP contribution < -0.4 is 16.4 Å². The molecule has 6 N–H and O–H groups in total. The van der Waals surface area contributed by atoms with Gasteiger partial charge >= 0.3 is 0 Å². The van der Waals surface area contributed by atoms with Crippen LogP contribution in [0.15, 0.2) is 12.5 Å². The molecule has 0 aromatic carbocycles. The van der Waals surface area contributed by atoms with Crippen molar-refractivity contribution in [2.45, 2.75) is 49.9 Å². The number of aromatic nitrogens is 2. The Bertz CT molecular complexity index is 736. The molecule has 11 nitrogen and oxygen atoms in total. The average Bonchev–Trinajstić information content (AvgIpc) is 3.34. The van der Waals surface area contributed by atoms with Crippen molar-refractivity contribution >= 4 is 23.6 Å². The molecule has 2 saturated heterocycles. The van der Waals surface area contributed by atoms with Gasteiger partial charge < -0.3 is 31.4 Å². The number of aromatic amines is 1. The van der Waals surface area contributed by atoms with Crippen molar-refractivity contribution in [3.05, 3.63) is 18.2 Å². The van der Waals surface area contributed by atoms with Gasteiger partial charge in [-0.2, -0.15) is 0 Å². The summed E-state index contributed by atoms with van der Waals surface area (Å²) in [4.78, 5) is 56.4. The Labute approximate surface area is 154 Å². The molecule has 4 atom stereocenters. The third-order valence-corrected chi connectivity index (χ3v) is 4.80. The predicted molar refractivity (Wildman–Crippen MR) is 90.7 cm³/mol. The van der Waals surface area contributed by atoms with Crippen LogP contribution in [-0.4, -0.2) is 74.4 Å². The van der Waals surface area contributed by atoms with Crippen LogP contribution in [0.25, 0.3) is 0 Å². The number of H-pyrrole nitrogens is 1. The number of nitrogens with one attached hydrogen (secondary N) is 3. The van der Waals surface area contributed by atoms with E-state index in [9.17, 15) is 24.3 Å². The number of aliphatic hydroxyl groups excluding tert-OH is 1. The van der Waals surface area contributed by atoms with E-state index < -0.39 is 42.0 Å². The summed E-state index contributed by atoms with van der Waals surface area (Å²) in [6.07, 6.45) is 2.88. The molecule has 0 aliphatic carbocycles. The predicted octanol–water partition coefficient (Wildman–Crippen LogP) is -2.84. The Morgan fingerprint density at radius 1 is 1.44 bits per heavy atom. The summed E-state index contributed by atoms with van der Waals surface area (Å²) in [7, 11) is 0. The topological polar surface area (TPSA) is 171 Å². The van der Waals surface area contributed by atoms with E-state index in [1.165, 1.54) is 17.4 Å². The number of rotatable bonds is 6. The van der Waals surface area contributed by atoms with Crippen molar-refractivity contribution in [3.63, 3.8) is 0 Å². The number of nitrogens with two attached hydrogens (primary N) is 1. The van der Waals surface area contributed by atoms with Crippen molar-refractivity contribution in [1.29, 1.82) is 0 Å². The van der Waals surface area contributed by atoms with Gasteiger partial charge in [0, 0.05) is 37.7 Å². The lowest BCUT2D eigenvalue weighted by molar-refractivity contribution is -0.141. The molecule has 1 aromatic rings. The number of nitrogens with zero attached hydrogens (tertiary/aromatic N) is 2. The summed E-state index contributed by atoms with van der Waals surface area (Å²) in [5, 5.41) is 15.0. The average molecular weight is 378 g/mol. The maximum absolute atomic E-state index is 13.0. The lowest BCUT2D eigenvalue weighted by Crippen LogP contribution is -2.56. The Kier molecular flexibility index (Phi) is 5.40. The molecular weight excluding hydrogens is 356 g/mol. The van der Waals surface area contributed by atoms with Crippen molar-refractivity contribution in [2.24, 2.45) is 5.73 Å². The molecule has 1 aromatic heterocycles. The number of hydrogen-bond donors (Lipinski definition) is 5. The summed E-state index contributed by atoms with van der Waals surface area (Å²) in [6.45, 7) is -0.0397. The number of amides is 4. The van der Waals surface area contributed by atoms with Crippen molar-refractivity contribution in [3.8, 4) is 0 Å².